The minimum absolute atomic E-state index is 0. The second kappa shape index (κ2) is 7.90. The highest BCUT2D eigenvalue weighted by Gasteiger charge is 2.23. The van der Waals surface area contributed by atoms with Crippen molar-refractivity contribution >= 4 is 24.8 Å². The lowest BCUT2D eigenvalue weighted by atomic mass is 9.99. The molecular formula is C13H21Cl2FN2O. The molecule has 2 rings (SSSR count). The largest absolute Gasteiger partial charge is 0.505 e. The molecule has 110 valence electrons. The van der Waals surface area contributed by atoms with Gasteiger partial charge >= 0.3 is 0 Å². The average Bonchev–Trinajstić information content (AvgIpc) is 2.35. The number of nitrogens with zero attached hydrogens (tertiary/aromatic N) is 1. The smallest absolute Gasteiger partial charge is 0.165 e. The quantitative estimate of drug-likeness (QED) is 0.881. The van der Waals surface area contributed by atoms with Gasteiger partial charge in [-0.15, -0.1) is 24.8 Å². The van der Waals surface area contributed by atoms with Crippen LogP contribution >= 0.6 is 24.8 Å². The van der Waals surface area contributed by atoms with Gasteiger partial charge in [0, 0.05) is 37.8 Å². The summed E-state index contributed by atoms with van der Waals surface area (Å²) >= 11 is 0. The number of halogens is 3. The highest BCUT2D eigenvalue weighted by Crippen LogP contribution is 2.33. The Bertz CT molecular complexity index is 412. The molecule has 3 nitrogen and oxygen atoms in total. The molecule has 1 atom stereocenters. The summed E-state index contributed by atoms with van der Waals surface area (Å²) in [7, 11) is 0. The number of piperazine rings is 1. The number of benzene rings is 1. The Morgan fingerprint density at radius 3 is 2.42 bits per heavy atom. The van der Waals surface area contributed by atoms with Crippen LogP contribution in [0.2, 0.25) is 0 Å². The van der Waals surface area contributed by atoms with Crippen molar-refractivity contribution in [3.63, 3.8) is 0 Å². The molecule has 0 bridgehead atoms. The number of phenols is 1. The molecule has 1 heterocycles. The third-order valence-electron chi connectivity index (χ3n) is 3.50. The van der Waals surface area contributed by atoms with Crippen molar-refractivity contribution in [2.75, 3.05) is 26.2 Å². The zero-order valence-corrected chi connectivity index (χ0v) is 12.8. The topological polar surface area (TPSA) is 35.5 Å². The van der Waals surface area contributed by atoms with Crippen molar-refractivity contribution < 1.29 is 9.50 Å². The minimum atomic E-state index is -0.535. The molecule has 1 fully saturated rings. The summed E-state index contributed by atoms with van der Waals surface area (Å²) in [6.45, 7) is 7.67. The van der Waals surface area contributed by atoms with Crippen molar-refractivity contribution in [2.24, 2.45) is 0 Å². The van der Waals surface area contributed by atoms with E-state index in [0.717, 1.165) is 31.7 Å². The fourth-order valence-electron chi connectivity index (χ4n) is 2.46. The Morgan fingerprint density at radius 2 is 1.84 bits per heavy atom. The molecule has 0 spiro atoms. The lowest BCUT2D eigenvalue weighted by Crippen LogP contribution is -2.44. The number of rotatable bonds is 2. The highest BCUT2D eigenvalue weighted by molar-refractivity contribution is 5.85. The molecule has 1 saturated heterocycles. The molecule has 1 aromatic rings. The average molecular weight is 311 g/mol. The number of hydrogen-bond donors (Lipinski definition) is 2. The van der Waals surface area contributed by atoms with Crippen LogP contribution in [0, 0.1) is 12.7 Å². The Labute approximate surface area is 126 Å². The Morgan fingerprint density at radius 1 is 1.26 bits per heavy atom. The Hall–Kier alpha value is -0.550. The summed E-state index contributed by atoms with van der Waals surface area (Å²) in [4.78, 5) is 2.26. The van der Waals surface area contributed by atoms with E-state index in [1.54, 1.807) is 6.07 Å². The summed E-state index contributed by atoms with van der Waals surface area (Å²) in [5.41, 5.74) is 1.65. The van der Waals surface area contributed by atoms with E-state index in [1.807, 2.05) is 13.8 Å². The molecular weight excluding hydrogens is 290 g/mol. The van der Waals surface area contributed by atoms with Gasteiger partial charge in [-0.2, -0.15) is 0 Å². The number of aryl methyl sites for hydroxylation is 1. The summed E-state index contributed by atoms with van der Waals surface area (Å²) in [6, 6.07) is 3.09. The first-order chi connectivity index (χ1) is 8.11. The fraction of sp³-hybridized carbons (Fsp3) is 0.538. The summed E-state index contributed by atoms with van der Waals surface area (Å²) in [5, 5.41) is 13.1. The molecule has 0 aliphatic carbocycles. The molecule has 0 unspecified atom stereocenters. The van der Waals surface area contributed by atoms with E-state index < -0.39 is 5.82 Å². The molecule has 0 amide bonds. The second-order valence-corrected chi connectivity index (χ2v) is 4.59. The molecule has 0 saturated carbocycles. The maximum atomic E-state index is 13.4. The van der Waals surface area contributed by atoms with Gasteiger partial charge in [0.2, 0.25) is 0 Å². The first-order valence-corrected chi connectivity index (χ1v) is 6.04. The van der Waals surface area contributed by atoms with E-state index in [-0.39, 0.29) is 36.6 Å². The van der Waals surface area contributed by atoms with Gasteiger partial charge in [0.1, 0.15) is 0 Å². The molecule has 1 aromatic carbocycles. The van der Waals surface area contributed by atoms with E-state index in [1.165, 1.54) is 6.07 Å². The first-order valence-electron chi connectivity index (χ1n) is 6.04. The van der Waals surface area contributed by atoms with E-state index in [0.29, 0.717) is 5.56 Å². The summed E-state index contributed by atoms with van der Waals surface area (Å²) in [6.07, 6.45) is 0. The summed E-state index contributed by atoms with van der Waals surface area (Å²) in [5.74, 6) is -0.733. The number of phenolic OH excluding ortho intramolecular Hbond substituents is 1. The Kier molecular flexibility index (Phi) is 7.67. The molecule has 0 radical (unpaired) electrons. The van der Waals surface area contributed by atoms with Crippen LogP contribution in [-0.4, -0.2) is 36.2 Å². The molecule has 1 aliphatic heterocycles. The standard InChI is InChI=1S/C13H19FN2O.2ClH/c1-9-3-4-11(14)13(17)12(9)10(2)16-7-5-15-6-8-16;;/h3-4,10,15,17H,5-8H2,1-2H3;2*1H/t10-;;/m0../s1. The highest BCUT2D eigenvalue weighted by atomic mass is 35.5. The zero-order valence-electron chi connectivity index (χ0n) is 11.1. The van der Waals surface area contributed by atoms with Crippen molar-refractivity contribution in [3.05, 3.63) is 29.1 Å². The van der Waals surface area contributed by atoms with Crippen molar-refractivity contribution in [1.29, 1.82) is 0 Å². The van der Waals surface area contributed by atoms with Crippen LogP contribution in [0.25, 0.3) is 0 Å². The van der Waals surface area contributed by atoms with Crippen LogP contribution < -0.4 is 5.32 Å². The van der Waals surface area contributed by atoms with Gasteiger partial charge in [-0.25, -0.2) is 4.39 Å². The number of hydrogen-bond acceptors (Lipinski definition) is 3. The maximum absolute atomic E-state index is 13.4. The predicted molar refractivity (Wildman–Crippen MR) is 80.2 cm³/mol. The third-order valence-corrected chi connectivity index (χ3v) is 3.50. The predicted octanol–water partition coefficient (Wildman–Crippen LogP) is 2.65. The second-order valence-electron chi connectivity index (χ2n) is 4.59. The van der Waals surface area contributed by atoms with Crippen LogP contribution in [0.5, 0.6) is 5.75 Å². The first kappa shape index (κ1) is 18.4. The SMILES string of the molecule is Cc1ccc(F)c(O)c1[C@H](C)N1CCNCC1.Cl.Cl. The van der Waals surface area contributed by atoms with Crippen molar-refractivity contribution in [2.45, 2.75) is 19.9 Å². The molecule has 1 aliphatic rings. The summed E-state index contributed by atoms with van der Waals surface area (Å²) < 4.78 is 13.4. The normalized spacial score (nSPS) is 17.2. The van der Waals surface area contributed by atoms with Gasteiger partial charge in [0.05, 0.1) is 0 Å². The van der Waals surface area contributed by atoms with E-state index >= 15 is 0 Å². The van der Waals surface area contributed by atoms with Gasteiger partial charge in [-0.05, 0) is 25.5 Å². The van der Waals surface area contributed by atoms with E-state index in [4.69, 9.17) is 0 Å². The van der Waals surface area contributed by atoms with Crippen LogP contribution in [-0.2, 0) is 0 Å². The van der Waals surface area contributed by atoms with Gasteiger partial charge in [-0.3, -0.25) is 4.90 Å². The lowest BCUT2D eigenvalue weighted by Gasteiger charge is -2.34. The lowest BCUT2D eigenvalue weighted by molar-refractivity contribution is 0.181. The van der Waals surface area contributed by atoms with Crippen molar-refractivity contribution in [1.82, 2.24) is 10.2 Å². The van der Waals surface area contributed by atoms with Crippen molar-refractivity contribution in [3.8, 4) is 5.75 Å². The third kappa shape index (κ3) is 3.96. The van der Waals surface area contributed by atoms with Gasteiger partial charge in [-0.1, -0.05) is 6.07 Å². The monoisotopic (exact) mass is 310 g/mol. The van der Waals surface area contributed by atoms with Gasteiger partial charge in [0.15, 0.2) is 11.6 Å². The van der Waals surface area contributed by atoms with Crippen LogP contribution in [0.15, 0.2) is 12.1 Å². The van der Waals surface area contributed by atoms with Gasteiger partial charge in [0.25, 0.3) is 0 Å². The fourth-order valence-corrected chi connectivity index (χ4v) is 2.46. The van der Waals surface area contributed by atoms with Crippen LogP contribution in [0.3, 0.4) is 0 Å². The van der Waals surface area contributed by atoms with Crippen LogP contribution in [0.1, 0.15) is 24.1 Å². The maximum Gasteiger partial charge on any atom is 0.165 e. The van der Waals surface area contributed by atoms with Crippen LogP contribution in [0.4, 0.5) is 4.39 Å². The minimum Gasteiger partial charge on any atom is -0.505 e. The number of nitrogens with one attached hydrogen (secondary N) is 1. The molecule has 0 aromatic heterocycles. The van der Waals surface area contributed by atoms with Gasteiger partial charge < -0.3 is 10.4 Å². The van der Waals surface area contributed by atoms with E-state index in [9.17, 15) is 9.50 Å². The number of aromatic hydroxyl groups is 1. The Balaban J connectivity index is 0.00000162. The molecule has 19 heavy (non-hydrogen) atoms. The molecule has 2 N–H and O–H groups in total. The zero-order chi connectivity index (χ0) is 12.4. The van der Waals surface area contributed by atoms with E-state index in [2.05, 4.69) is 10.2 Å². The molecule has 6 heteroatoms.